The Bertz CT molecular complexity index is 125. The van der Waals surface area contributed by atoms with Crippen molar-refractivity contribution in [3.63, 3.8) is 0 Å². The number of Topliss-reactive ketones (excluding diaryl/α,β-unsaturated/α-hetero) is 1. The summed E-state index contributed by atoms with van der Waals surface area (Å²) < 4.78 is 0. The van der Waals surface area contributed by atoms with Crippen LogP contribution in [0.4, 0.5) is 0 Å². The third kappa shape index (κ3) is 4.00. The summed E-state index contributed by atoms with van der Waals surface area (Å²) in [6.07, 6.45) is 0.950. The molecule has 4 nitrogen and oxygen atoms in total. The molecule has 0 unspecified atom stereocenters. The first kappa shape index (κ1) is 9.07. The minimum atomic E-state index is 0.163. The summed E-state index contributed by atoms with van der Waals surface area (Å²) in [6, 6.07) is 0. The van der Waals surface area contributed by atoms with Gasteiger partial charge in [-0.2, -0.15) is 0 Å². The second-order valence-electron chi connectivity index (χ2n) is 2.11. The highest BCUT2D eigenvalue weighted by molar-refractivity contribution is 5.78. The van der Waals surface area contributed by atoms with Crippen molar-refractivity contribution in [1.82, 2.24) is 5.01 Å². The SMILES string of the molecule is CCC(=O)CCN(C)N=O. The van der Waals surface area contributed by atoms with Gasteiger partial charge in [-0.05, 0) is 0 Å². The van der Waals surface area contributed by atoms with Gasteiger partial charge in [-0.1, -0.05) is 6.92 Å². The van der Waals surface area contributed by atoms with E-state index in [0.29, 0.717) is 19.4 Å². The molecule has 0 saturated heterocycles. The molecular formula is C6H12N2O2. The largest absolute Gasteiger partial charge is 0.300 e. The van der Waals surface area contributed by atoms with Crippen molar-refractivity contribution in [1.29, 1.82) is 0 Å². The molecule has 0 saturated carbocycles. The number of ketones is 1. The summed E-state index contributed by atoms with van der Waals surface area (Å²) in [5.74, 6) is 0.163. The Labute approximate surface area is 60.2 Å². The lowest BCUT2D eigenvalue weighted by atomic mass is 10.2. The van der Waals surface area contributed by atoms with E-state index in [4.69, 9.17) is 0 Å². The van der Waals surface area contributed by atoms with E-state index in [2.05, 4.69) is 5.29 Å². The zero-order valence-electron chi connectivity index (χ0n) is 6.33. The summed E-state index contributed by atoms with van der Waals surface area (Å²) in [7, 11) is 1.55. The Morgan fingerprint density at radius 2 is 2.20 bits per heavy atom. The van der Waals surface area contributed by atoms with Crippen LogP contribution in [0.2, 0.25) is 0 Å². The van der Waals surface area contributed by atoms with Crippen LogP contribution in [-0.2, 0) is 4.79 Å². The van der Waals surface area contributed by atoms with Gasteiger partial charge < -0.3 is 0 Å². The maximum Gasteiger partial charge on any atom is 0.134 e. The third-order valence-electron chi connectivity index (χ3n) is 1.25. The molecule has 58 valence electrons. The molecule has 10 heavy (non-hydrogen) atoms. The van der Waals surface area contributed by atoms with Crippen LogP contribution in [0.5, 0.6) is 0 Å². The average Bonchev–Trinajstić information content (AvgIpc) is 1.99. The van der Waals surface area contributed by atoms with Gasteiger partial charge in [0.15, 0.2) is 0 Å². The fourth-order valence-corrected chi connectivity index (χ4v) is 0.504. The smallest absolute Gasteiger partial charge is 0.134 e. The Morgan fingerprint density at radius 1 is 1.60 bits per heavy atom. The van der Waals surface area contributed by atoms with Gasteiger partial charge in [-0.25, -0.2) is 0 Å². The molecule has 0 heterocycles. The summed E-state index contributed by atoms with van der Waals surface area (Å²) in [4.78, 5) is 20.4. The molecule has 0 amide bonds. The van der Waals surface area contributed by atoms with E-state index in [-0.39, 0.29) is 5.78 Å². The van der Waals surface area contributed by atoms with Gasteiger partial charge in [0.05, 0.1) is 5.29 Å². The minimum absolute atomic E-state index is 0.163. The molecule has 0 aromatic carbocycles. The quantitative estimate of drug-likeness (QED) is 0.426. The Balaban J connectivity index is 3.34. The van der Waals surface area contributed by atoms with E-state index in [1.807, 2.05) is 0 Å². The van der Waals surface area contributed by atoms with Crippen molar-refractivity contribution in [3.05, 3.63) is 4.91 Å². The van der Waals surface area contributed by atoms with E-state index in [9.17, 15) is 9.70 Å². The summed E-state index contributed by atoms with van der Waals surface area (Å²) in [5, 5.41) is 3.84. The van der Waals surface area contributed by atoms with Gasteiger partial charge in [0.2, 0.25) is 0 Å². The lowest BCUT2D eigenvalue weighted by molar-refractivity contribution is -0.119. The topological polar surface area (TPSA) is 49.7 Å². The molecule has 0 fully saturated rings. The summed E-state index contributed by atoms with van der Waals surface area (Å²) in [6.45, 7) is 2.23. The van der Waals surface area contributed by atoms with Crippen molar-refractivity contribution < 1.29 is 4.79 Å². The highest BCUT2D eigenvalue weighted by Gasteiger charge is 1.99. The van der Waals surface area contributed by atoms with Crippen LogP contribution in [-0.4, -0.2) is 24.4 Å². The molecular weight excluding hydrogens is 132 g/mol. The van der Waals surface area contributed by atoms with Crippen molar-refractivity contribution in [2.45, 2.75) is 19.8 Å². The van der Waals surface area contributed by atoms with Crippen molar-refractivity contribution in [2.75, 3.05) is 13.6 Å². The first-order valence-electron chi connectivity index (χ1n) is 3.26. The van der Waals surface area contributed by atoms with Gasteiger partial charge in [0, 0.05) is 26.4 Å². The van der Waals surface area contributed by atoms with Crippen molar-refractivity contribution in [2.24, 2.45) is 5.29 Å². The van der Waals surface area contributed by atoms with Crippen molar-refractivity contribution >= 4 is 5.78 Å². The standard InChI is InChI=1S/C6H12N2O2/c1-3-6(9)4-5-8(2)7-10/h3-5H2,1-2H3. The first-order valence-corrected chi connectivity index (χ1v) is 3.26. The molecule has 0 aromatic heterocycles. The Kier molecular flexibility index (Phi) is 4.45. The van der Waals surface area contributed by atoms with Crippen LogP contribution in [0.25, 0.3) is 0 Å². The minimum Gasteiger partial charge on any atom is -0.300 e. The number of carbonyl (C=O) groups is 1. The molecule has 0 bridgehead atoms. The number of hydrogen-bond acceptors (Lipinski definition) is 3. The molecule has 0 aliphatic carbocycles. The zero-order chi connectivity index (χ0) is 7.98. The highest BCUT2D eigenvalue weighted by atomic mass is 16.3. The maximum atomic E-state index is 10.7. The van der Waals surface area contributed by atoms with Crippen LogP contribution in [0.3, 0.4) is 0 Å². The molecule has 4 heteroatoms. The van der Waals surface area contributed by atoms with Crippen LogP contribution < -0.4 is 0 Å². The molecule has 0 aliphatic rings. The highest BCUT2D eigenvalue weighted by Crippen LogP contribution is 1.91. The second kappa shape index (κ2) is 4.90. The fourth-order valence-electron chi connectivity index (χ4n) is 0.504. The fraction of sp³-hybridized carbons (Fsp3) is 0.833. The van der Waals surface area contributed by atoms with E-state index in [0.717, 1.165) is 0 Å². The molecule has 0 radical (unpaired) electrons. The number of nitrogens with zero attached hydrogens (tertiary/aromatic N) is 2. The second-order valence-corrected chi connectivity index (χ2v) is 2.11. The van der Waals surface area contributed by atoms with Crippen LogP contribution >= 0.6 is 0 Å². The van der Waals surface area contributed by atoms with Gasteiger partial charge >= 0.3 is 0 Å². The van der Waals surface area contributed by atoms with Gasteiger partial charge in [-0.15, -0.1) is 4.91 Å². The lowest BCUT2D eigenvalue weighted by Gasteiger charge is -2.05. The van der Waals surface area contributed by atoms with Crippen LogP contribution in [0.15, 0.2) is 5.29 Å². The average molecular weight is 144 g/mol. The zero-order valence-corrected chi connectivity index (χ0v) is 6.33. The number of nitroso groups, excluding NO2 is 1. The van der Waals surface area contributed by atoms with Crippen LogP contribution in [0, 0.1) is 4.91 Å². The van der Waals surface area contributed by atoms with Crippen molar-refractivity contribution in [3.8, 4) is 0 Å². The van der Waals surface area contributed by atoms with Gasteiger partial charge in [0.1, 0.15) is 5.78 Å². The first-order chi connectivity index (χ1) is 4.70. The molecule has 0 rings (SSSR count). The normalized spacial score (nSPS) is 9.00. The maximum absolute atomic E-state index is 10.7. The number of carbonyl (C=O) groups excluding carboxylic acids is 1. The van der Waals surface area contributed by atoms with E-state index in [1.54, 1.807) is 14.0 Å². The third-order valence-corrected chi connectivity index (χ3v) is 1.25. The van der Waals surface area contributed by atoms with Gasteiger partial charge in [0.25, 0.3) is 0 Å². The van der Waals surface area contributed by atoms with E-state index < -0.39 is 0 Å². The Hall–Kier alpha value is -0.930. The molecule has 0 spiro atoms. The predicted octanol–water partition coefficient (Wildman–Crippen LogP) is 0.969. The molecule has 0 aliphatic heterocycles. The van der Waals surface area contributed by atoms with Crippen LogP contribution in [0.1, 0.15) is 19.8 Å². The molecule has 0 aromatic rings. The summed E-state index contributed by atoms with van der Waals surface area (Å²) >= 11 is 0. The van der Waals surface area contributed by atoms with E-state index >= 15 is 0 Å². The Morgan fingerprint density at radius 3 is 2.60 bits per heavy atom. The number of hydrogen-bond donors (Lipinski definition) is 0. The lowest BCUT2D eigenvalue weighted by Crippen LogP contribution is -2.14. The monoisotopic (exact) mass is 144 g/mol. The van der Waals surface area contributed by atoms with E-state index in [1.165, 1.54) is 5.01 Å². The predicted molar refractivity (Wildman–Crippen MR) is 38.3 cm³/mol. The number of rotatable bonds is 5. The molecule has 0 atom stereocenters. The molecule has 0 N–H and O–H groups in total. The van der Waals surface area contributed by atoms with Gasteiger partial charge in [-0.3, -0.25) is 9.80 Å². The summed E-state index contributed by atoms with van der Waals surface area (Å²) in [5.41, 5.74) is 0.